The highest BCUT2D eigenvalue weighted by Gasteiger charge is 2.34. The number of methoxy groups -OCH3 is 1. The van der Waals surface area contributed by atoms with Gasteiger partial charge in [0.05, 0.1) is 18.6 Å². The minimum Gasteiger partial charge on any atom is -0.496 e. The molecule has 5 rings (SSSR count). The molecule has 1 heterocycles. The van der Waals surface area contributed by atoms with Crippen molar-refractivity contribution in [3.63, 3.8) is 0 Å². The van der Waals surface area contributed by atoms with Gasteiger partial charge in [0.15, 0.2) is 0 Å². The number of carbonyl (C=O) groups is 1. The van der Waals surface area contributed by atoms with Gasteiger partial charge in [-0.1, -0.05) is 66.2 Å². The van der Waals surface area contributed by atoms with Crippen LogP contribution >= 0.6 is 11.6 Å². The van der Waals surface area contributed by atoms with E-state index < -0.39 is 11.8 Å². The number of hydrogen-bond acceptors (Lipinski definition) is 4. The number of nitrogens with one attached hydrogen (secondary N) is 1. The van der Waals surface area contributed by atoms with Crippen molar-refractivity contribution in [2.75, 3.05) is 7.11 Å². The minimum atomic E-state index is -0.454. The van der Waals surface area contributed by atoms with Crippen molar-refractivity contribution >= 4 is 28.3 Å². The topological polar surface area (TPSA) is 71.3 Å². The molecule has 0 aliphatic carbocycles. The van der Waals surface area contributed by atoms with Gasteiger partial charge in [-0.05, 0) is 46.7 Å². The van der Waals surface area contributed by atoms with Crippen molar-refractivity contribution in [3.05, 3.63) is 118 Å². The number of hydrogen-bond donors (Lipinski definition) is 1. The maximum Gasteiger partial charge on any atom is 0.261 e. The van der Waals surface area contributed by atoms with Crippen LogP contribution in [0.5, 0.6) is 11.5 Å². The second-order valence-corrected chi connectivity index (χ2v) is 8.23. The molecule has 1 atom stereocenters. The molecule has 6 heteroatoms. The van der Waals surface area contributed by atoms with Crippen LogP contribution in [0.4, 0.5) is 0 Å². The van der Waals surface area contributed by atoms with Crippen molar-refractivity contribution in [2.24, 2.45) is 0 Å². The third-order valence-corrected chi connectivity index (χ3v) is 6.12. The molecule has 0 saturated carbocycles. The number of nitriles is 1. The molecule has 0 fully saturated rings. The summed E-state index contributed by atoms with van der Waals surface area (Å²) >= 11 is 6.14. The third kappa shape index (κ3) is 3.75. The van der Waals surface area contributed by atoms with Gasteiger partial charge in [0.25, 0.3) is 5.91 Å². The monoisotopic (exact) mass is 466 g/mol. The lowest BCUT2D eigenvalue weighted by Gasteiger charge is -2.29. The van der Waals surface area contributed by atoms with E-state index in [1.165, 1.54) is 7.11 Å². The lowest BCUT2D eigenvalue weighted by molar-refractivity contribution is 0.0944. The molecular weight excluding hydrogens is 448 g/mol. The molecule has 1 aliphatic rings. The number of ether oxygens (including phenoxy) is 2. The number of amides is 1. The molecule has 166 valence electrons. The normalized spacial score (nSPS) is 14.7. The van der Waals surface area contributed by atoms with Crippen LogP contribution in [0, 0.1) is 11.3 Å². The number of para-hydroxylation sites is 1. The molecule has 4 aromatic carbocycles. The van der Waals surface area contributed by atoms with Gasteiger partial charge in [-0.15, -0.1) is 0 Å². The summed E-state index contributed by atoms with van der Waals surface area (Å²) in [6.07, 6.45) is 0. The maximum atomic E-state index is 13.1. The number of fused-ring (bicyclic) bond motifs is 3. The van der Waals surface area contributed by atoms with E-state index in [0.29, 0.717) is 27.7 Å². The first kappa shape index (κ1) is 21.6. The van der Waals surface area contributed by atoms with Crippen molar-refractivity contribution in [1.29, 1.82) is 5.26 Å². The van der Waals surface area contributed by atoms with E-state index >= 15 is 0 Å². The maximum absolute atomic E-state index is 13.1. The Balaban J connectivity index is 1.68. The Labute approximate surface area is 201 Å². The first-order valence-electron chi connectivity index (χ1n) is 10.6. The highest BCUT2D eigenvalue weighted by molar-refractivity contribution is 6.30. The summed E-state index contributed by atoms with van der Waals surface area (Å²) in [4.78, 5) is 13.1. The van der Waals surface area contributed by atoms with E-state index in [4.69, 9.17) is 21.1 Å². The Bertz CT molecular complexity index is 1490. The Morgan fingerprint density at radius 1 is 1.00 bits per heavy atom. The molecule has 0 aromatic heterocycles. The zero-order valence-corrected chi connectivity index (χ0v) is 19.0. The third-order valence-electron chi connectivity index (χ3n) is 5.87. The molecule has 1 unspecified atom stereocenters. The molecule has 1 amide bonds. The minimum absolute atomic E-state index is 0.0983. The van der Waals surface area contributed by atoms with Gasteiger partial charge >= 0.3 is 0 Å². The van der Waals surface area contributed by atoms with E-state index in [9.17, 15) is 10.1 Å². The van der Waals surface area contributed by atoms with Crippen LogP contribution in [0.2, 0.25) is 5.02 Å². The highest BCUT2D eigenvalue weighted by atomic mass is 35.5. The average Bonchev–Trinajstić information content (AvgIpc) is 2.88. The number of benzene rings is 4. The summed E-state index contributed by atoms with van der Waals surface area (Å²) in [5.74, 6) is 0.217. The van der Waals surface area contributed by atoms with Crippen molar-refractivity contribution in [3.8, 4) is 17.6 Å². The largest absolute Gasteiger partial charge is 0.496 e. The van der Waals surface area contributed by atoms with Crippen molar-refractivity contribution in [1.82, 2.24) is 5.32 Å². The number of halogens is 1. The van der Waals surface area contributed by atoms with Crippen molar-refractivity contribution in [2.45, 2.75) is 5.92 Å². The Morgan fingerprint density at radius 2 is 1.74 bits per heavy atom. The van der Waals surface area contributed by atoms with Gasteiger partial charge in [0.2, 0.25) is 5.88 Å². The zero-order chi connectivity index (χ0) is 23.7. The van der Waals surface area contributed by atoms with E-state index in [2.05, 4.69) is 11.4 Å². The SMILES string of the molecule is COc1ccccc1C(=O)NC1=C(C#N)C(c2ccc(Cl)cc2)c2c(ccc3ccccc23)O1. The molecular formula is C28H19ClN2O3. The van der Waals surface area contributed by atoms with Gasteiger partial charge in [0.1, 0.15) is 23.1 Å². The van der Waals surface area contributed by atoms with Gasteiger partial charge in [-0.3, -0.25) is 10.1 Å². The number of carbonyl (C=O) groups excluding carboxylic acids is 1. The summed E-state index contributed by atoms with van der Waals surface area (Å²) in [7, 11) is 1.50. The summed E-state index contributed by atoms with van der Waals surface area (Å²) in [5.41, 5.74) is 2.37. The quantitative estimate of drug-likeness (QED) is 0.389. The standard InChI is InChI=1S/C28H19ClN2O3/c1-33-23-9-5-4-8-21(23)27(32)31-28-22(16-30)25(18-10-13-19(29)14-11-18)26-20-7-3-2-6-17(20)12-15-24(26)34-28/h2-15,25H,1H3,(H,31,32). The van der Waals surface area contributed by atoms with E-state index in [1.807, 2.05) is 48.5 Å². The number of rotatable bonds is 4. The van der Waals surface area contributed by atoms with Crippen LogP contribution in [0.1, 0.15) is 27.4 Å². The molecule has 34 heavy (non-hydrogen) atoms. The highest BCUT2D eigenvalue weighted by Crippen LogP contribution is 2.46. The molecule has 1 N–H and O–H groups in total. The van der Waals surface area contributed by atoms with Crippen LogP contribution in [0.15, 0.2) is 96.4 Å². The Hall–Kier alpha value is -4.27. The predicted molar refractivity (Wildman–Crippen MR) is 131 cm³/mol. The van der Waals surface area contributed by atoms with Crippen LogP contribution in [-0.2, 0) is 0 Å². The molecule has 0 bridgehead atoms. The lowest BCUT2D eigenvalue weighted by atomic mass is 9.81. The number of allylic oxidation sites excluding steroid dienone is 1. The zero-order valence-electron chi connectivity index (χ0n) is 18.2. The van der Waals surface area contributed by atoms with Gasteiger partial charge in [-0.25, -0.2) is 0 Å². The Kier molecular flexibility index (Phi) is 5.67. The average molecular weight is 467 g/mol. The smallest absolute Gasteiger partial charge is 0.261 e. The molecule has 5 nitrogen and oxygen atoms in total. The second kappa shape index (κ2) is 8.93. The van der Waals surface area contributed by atoms with Crippen LogP contribution < -0.4 is 14.8 Å². The molecule has 4 aromatic rings. The van der Waals surface area contributed by atoms with Crippen LogP contribution in [0.3, 0.4) is 0 Å². The van der Waals surface area contributed by atoms with Gasteiger partial charge < -0.3 is 9.47 Å². The fourth-order valence-electron chi connectivity index (χ4n) is 4.30. The summed E-state index contributed by atoms with van der Waals surface area (Å²) < 4.78 is 11.5. The molecule has 0 saturated heterocycles. The van der Waals surface area contributed by atoms with Crippen LogP contribution in [0.25, 0.3) is 10.8 Å². The first-order valence-corrected chi connectivity index (χ1v) is 11.0. The van der Waals surface area contributed by atoms with E-state index in [1.54, 1.807) is 36.4 Å². The Morgan fingerprint density at radius 3 is 2.50 bits per heavy atom. The van der Waals surface area contributed by atoms with Crippen LogP contribution in [-0.4, -0.2) is 13.0 Å². The fourth-order valence-corrected chi connectivity index (χ4v) is 4.43. The van der Waals surface area contributed by atoms with Crippen molar-refractivity contribution < 1.29 is 14.3 Å². The number of nitrogens with zero attached hydrogens (tertiary/aromatic N) is 1. The van der Waals surface area contributed by atoms with E-state index in [-0.39, 0.29) is 5.88 Å². The summed E-state index contributed by atoms with van der Waals surface area (Å²) in [6.45, 7) is 0. The first-order chi connectivity index (χ1) is 16.6. The fraction of sp³-hybridized carbons (Fsp3) is 0.0714. The molecule has 0 radical (unpaired) electrons. The second-order valence-electron chi connectivity index (χ2n) is 7.79. The molecule has 0 spiro atoms. The molecule has 1 aliphatic heterocycles. The lowest BCUT2D eigenvalue weighted by Crippen LogP contribution is -2.31. The van der Waals surface area contributed by atoms with Gasteiger partial charge in [-0.2, -0.15) is 5.26 Å². The van der Waals surface area contributed by atoms with Gasteiger partial charge in [0, 0.05) is 10.6 Å². The predicted octanol–water partition coefficient (Wildman–Crippen LogP) is 6.19. The summed E-state index contributed by atoms with van der Waals surface area (Å²) in [5, 5.41) is 15.6. The summed E-state index contributed by atoms with van der Waals surface area (Å²) in [6, 6.07) is 28.3. The van der Waals surface area contributed by atoms with E-state index in [0.717, 1.165) is 21.9 Å².